The number of anilines is 1. The number of aryl methyl sites for hydroxylation is 1. The Hall–Kier alpha value is -4.21. The fourth-order valence-electron chi connectivity index (χ4n) is 4.18. The van der Waals surface area contributed by atoms with E-state index < -0.39 is 0 Å². The van der Waals surface area contributed by atoms with Crippen LogP contribution in [0.3, 0.4) is 0 Å². The van der Waals surface area contributed by atoms with E-state index in [-0.39, 0.29) is 17.9 Å². The molecule has 0 saturated carbocycles. The lowest BCUT2D eigenvalue weighted by atomic mass is 10.1. The van der Waals surface area contributed by atoms with Crippen molar-refractivity contribution < 1.29 is 18.8 Å². The van der Waals surface area contributed by atoms with Gasteiger partial charge in [0, 0.05) is 37.0 Å². The molecule has 1 saturated heterocycles. The van der Waals surface area contributed by atoms with Crippen LogP contribution >= 0.6 is 0 Å². The van der Waals surface area contributed by atoms with Crippen LogP contribution in [0.4, 0.5) is 10.5 Å². The second kappa shape index (κ2) is 8.97. The number of nitrogens with zero attached hydrogens (tertiary/aromatic N) is 5. The third-order valence-corrected chi connectivity index (χ3v) is 6.04. The first kappa shape index (κ1) is 21.6. The number of hydrogen-bond acceptors (Lipinski definition) is 7. The first-order valence-electron chi connectivity index (χ1n) is 11.0. The molecule has 34 heavy (non-hydrogen) atoms. The standard InChI is InChI=1S/C24H24N6O4/c1-15-6-7-17(12-18(15)26-23(31)19-13-25-20-5-3-4-9-30(19)20)22-27-21(34-28-22)11-16-8-10-29(14-16)24(32)33-2/h3-7,9,12-13,16H,8,10-11,14H2,1-2H3,(H,26,31)/t16-/m1/s1. The number of ether oxygens (including phenoxy) is 1. The minimum absolute atomic E-state index is 0.241. The lowest BCUT2D eigenvalue weighted by molar-refractivity contribution is 0.102. The quantitative estimate of drug-likeness (QED) is 0.484. The van der Waals surface area contributed by atoms with Gasteiger partial charge in [-0.05, 0) is 43.0 Å². The van der Waals surface area contributed by atoms with E-state index in [1.54, 1.807) is 21.7 Å². The molecule has 10 nitrogen and oxygen atoms in total. The van der Waals surface area contributed by atoms with Crippen LogP contribution in [0.2, 0.25) is 0 Å². The molecule has 10 heteroatoms. The number of likely N-dealkylation sites (tertiary alicyclic amines) is 1. The first-order chi connectivity index (χ1) is 16.5. The number of nitrogens with one attached hydrogen (secondary N) is 1. The number of carbonyl (C=O) groups is 2. The van der Waals surface area contributed by atoms with Gasteiger partial charge in [0.05, 0.1) is 13.3 Å². The summed E-state index contributed by atoms with van der Waals surface area (Å²) < 4.78 is 12.0. The SMILES string of the molecule is COC(=O)N1CC[C@H](Cc2nc(-c3ccc(C)c(NC(=O)c4cnc5ccccn45)c3)no2)C1. The molecule has 2 amide bonds. The van der Waals surface area contributed by atoms with Crippen molar-refractivity contribution in [1.82, 2.24) is 24.4 Å². The summed E-state index contributed by atoms with van der Waals surface area (Å²) in [5.74, 6) is 0.946. The Balaban J connectivity index is 1.30. The molecule has 1 atom stereocenters. The summed E-state index contributed by atoms with van der Waals surface area (Å²) in [6.45, 7) is 3.18. The van der Waals surface area contributed by atoms with Crippen molar-refractivity contribution in [3.8, 4) is 11.4 Å². The summed E-state index contributed by atoms with van der Waals surface area (Å²) in [5.41, 5.74) is 3.44. The van der Waals surface area contributed by atoms with E-state index >= 15 is 0 Å². The van der Waals surface area contributed by atoms with Gasteiger partial charge in [0.1, 0.15) is 11.3 Å². The number of methoxy groups -OCH3 is 1. The summed E-state index contributed by atoms with van der Waals surface area (Å²) >= 11 is 0. The van der Waals surface area contributed by atoms with Crippen molar-refractivity contribution in [1.29, 1.82) is 0 Å². The van der Waals surface area contributed by atoms with E-state index in [9.17, 15) is 9.59 Å². The number of amides is 2. The Kier molecular flexibility index (Phi) is 5.70. The van der Waals surface area contributed by atoms with Gasteiger partial charge in [-0.2, -0.15) is 4.98 Å². The van der Waals surface area contributed by atoms with Gasteiger partial charge in [-0.25, -0.2) is 9.78 Å². The van der Waals surface area contributed by atoms with Crippen LogP contribution in [0.25, 0.3) is 17.0 Å². The van der Waals surface area contributed by atoms with Gasteiger partial charge in [0.2, 0.25) is 11.7 Å². The van der Waals surface area contributed by atoms with E-state index in [1.807, 2.05) is 43.3 Å². The van der Waals surface area contributed by atoms with Crippen LogP contribution in [0.15, 0.2) is 53.3 Å². The van der Waals surface area contributed by atoms with E-state index in [2.05, 4.69) is 20.4 Å². The predicted molar refractivity (Wildman–Crippen MR) is 123 cm³/mol. The zero-order valence-electron chi connectivity index (χ0n) is 18.9. The van der Waals surface area contributed by atoms with Crippen molar-refractivity contribution >= 4 is 23.3 Å². The average Bonchev–Trinajstić information content (AvgIpc) is 3.60. The first-order valence-corrected chi connectivity index (χ1v) is 11.0. The highest BCUT2D eigenvalue weighted by Crippen LogP contribution is 2.26. The molecule has 1 aliphatic rings. The van der Waals surface area contributed by atoms with Gasteiger partial charge in [-0.15, -0.1) is 0 Å². The maximum atomic E-state index is 12.9. The van der Waals surface area contributed by atoms with Crippen LogP contribution < -0.4 is 5.32 Å². The van der Waals surface area contributed by atoms with E-state index in [0.717, 1.165) is 17.5 Å². The lowest BCUT2D eigenvalue weighted by Gasteiger charge is -2.13. The van der Waals surface area contributed by atoms with Crippen molar-refractivity contribution in [2.24, 2.45) is 5.92 Å². The lowest BCUT2D eigenvalue weighted by Crippen LogP contribution is -2.28. The molecule has 1 N–H and O–H groups in total. The highest BCUT2D eigenvalue weighted by molar-refractivity contribution is 6.04. The van der Waals surface area contributed by atoms with E-state index in [0.29, 0.717) is 48.3 Å². The Morgan fingerprint density at radius 2 is 2.15 bits per heavy atom. The van der Waals surface area contributed by atoms with Gasteiger partial charge >= 0.3 is 6.09 Å². The largest absolute Gasteiger partial charge is 0.453 e. The molecule has 0 unspecified atom stereocenters. The molecule has 0 bridgehead atoms. The van der Waals surface area contributed by atoms with Crippen LogP contribution in [0.1, 0.15) is 28.4 Å². The maximum absolute atomic E-state index is 12.9. The predicted octanol–water partition coefficient (Wildman–Crippen LogP) is 3.58. The van der Waals surface area contributed by atoms with Crippen molar-refractivity contribution in [2.75, 3.05) is 25.5 Å². The Bertz CT molecular complexity index is 1360. The van der Waals surface area contributed by atoms with Gasteiger partial charge in [-0.3, -0.25) is 9.20 Å². The van der Waals surface area contributed by atoms with Crippen LogP contribution in [-0.2, 0) is 11.2 Å². The summed E-state index contributed by atoms with van der Waals surface area (Å²) in [6.07, 6.45) is 4.49. The fourth-order valence-corrected chi connectivity index (χ4v) is 4.18. The summed E-state index contributed by atoms with van der Waals surface area (Å²) in [7, 11) is 1.38. The summed E-state index contributed by atoms with van der Waals surface area (Å²) in [6, 6.07) is 11.2. The second-order valence-electron chi connectivity index (χ2n) is 8.34. The molecule has 1 aromatic carbocycles. The molecule has 1 fully saturated rings. The third-order valence-electron chi connectivity index (χ3n) is 6.04. The number of imidazole rings is 1. The Labute approximate surface area is 195 Å². The van der Waals surface area contributed by atoms with Gasteiger partial charge in [0.25, 0.3) is 5.91 Å². The molecule has 174 valence electrons. The van der Waals surface area contributed by atoms with E-state index in [1.165, 1.54) is 7.11 Å². The smallest absolute Gasteiger partial charge is 0.409 e. The second-order valence-corrected chi connectivity index (χ2v) is 8.34. The van der Waals surface area contributed by atoms with Crippen molar-refractivity contribution in [3.05, 3.63) is 65.9 Å². The number of fused-ring (bicyclic) bond motifs is 1. The molecular weight excluding hydrogens is 436 g/mol. The molecule has 4 aromatic rings. The molecule has 0 aliphatic carbocycles. The molecule has 3 aromatic heterocycles. The molecule has 1 aliphatic heterocycles. The minimum atomic E-state index is -0.313. The van der Waals surface area contributed by atoms with Gasteiger partial charge < -0.3 is 19.5 Å². The number of pyridine rings is 1. The number of rotatable bonds is 5. The molecule has 0 radical (unpaired) electrons. The molecular formula is C24H24N6O4. The zero-order valence-corrected chi connectivity index (χ0v) is 18.9. The van der Waals surface area contributed by atoms with Gasteiger partial charge in [-0.1, -0.05) is 23.4 Å². The Morgan fingerprint density at radius 1 is 1.26 bits per heavy atom. The number of carbonyl (C=O) groups excluding carboxylic acids is 2. The highest BCUT2D eigenvalue weighted by Gasteiger charge is 2.28. The number of benzene rings is 1. The normalized spacial score (nSPS) is 15.6. The maximum Gasteiger partial charge on any atom is 0.409 e. The van der Waals surface area contributed by atoms with Crippen molar-refractivity contribution in [3.63, 3.8) is 0 Å². The monoisotopic (exact) mass is 460 g/mol. The van der Waals surface area contributed by atoms with Gasteiger partial charge in [0.15, 0.2) is 0 Å². The van der Waals surface area contributed by atoms with Crippen LogP contribution in [0.5, 0.6) is 0 Å². The molecule has 0 spiro atoms. The third kappa shape index (κ3) is 4.21. The van der Waals surface area contributed by atoms with Crippen LogP contribution in [-0.4, -0.2) is 56.6 Å². The average molecular weight is 460 g/mol. The van der Waals surface area contributed by atoms with Crippen LogP contribution in [0, 0.1) is 12.8 Å². The van der Waals surface area contributed by atoms with Crippen molar-refractivity contribution in [2.45, 2.75) is 19.8 Å². The molecule has 4 heterocycles. The fraction of sp³-hybridized carbons (Fsp3) is 0.292. The Morgan fingerprint density at radius 3 is 3.00 bits per heavy atom. The molecule has 5 rings (SSSR count). The number of hydrogen-bond donors (Lipinski definition) is 1. The van der Waals surface area contributed by atoms with E-state index in [4.69, 9.17) is 9.26 Å². The highest BCUT2D eigenvalue weighted by atomic mass is 16.5. The summed E-state index contributed by atoms with van der Waals surface area (Å²) in [4.78, 5) is 35.1. The topological polar surface area (TPSA) is 115 Å². The number of aromatic nitrogens is 4. The summed E-state index contributed by atoms with van der Waals surface area (Å²) in [5, 5.41) is 7.09. The minimum Gasteiger partial charge on any atom is -0.453 e. The zero-order chi connectivity index (χ0) is 23.7.